The Kier molecular flexibility index (Phi) is 3.98. The normalized spacial score (nSPS) is 14.4. The number of hydrogen-bond donors (Lipinski definition) is 0. The van der Waals surface area contributed by atoms with Gasteiger partial charge in [-0.3, -0.25) is 0 Å². The second-order valence-corrected chi connectivity index (χ2v) is 9.47. The van der Waals surface area contributed by atoms with E-state index in [-0.39, 0.29) is 5.41 Å². The van der Waals surface area contributed by atoms with Crippen LogP contribution in [0.1, 0.15) is 30.5 Å². The molecule has 156 valence electrons. The van der Waals surface area contributed by atoms with E-state index in [4.69, 9.17) is 4.42 Å². The standard InChI is InChI=1S/C30H26NO/c1-19-11-13-24-23-9-7-8-22(20-12-14-25-21(18-20)15-16-30(25,2)3)28(23)32-29(24)27(19)26-10-5-6-17-31(26)4/h5-18H,1-4H3/q+1. The fourth-order valence-electron chi connectivity index (χ4n) is 5.13. The number of benzene rings is 3. The number of para-hydroxylation sites is 1. The van der Waals surface area contributed by atoms with Gasteiger partial charge in [-0.05, 0) is 41.3 Å². The molecule has 0 saturated heterocycles. The van der Waals surface area contributed by atoms with Crippen LogP contribution in [0.15, 0.2) is 83.4 Å². The summed E-state index contributed by atoms with van der Waals surface area (Å²) in [5.74, 6) is 0. The molecule has 0 unspecified atom stereocenters. The van der Waals surface area contributed by atoms with Crippen LogP contribution < -0.4 is 4.57 Å². The van der Waals surface area contributed by atoms with E-state index in [1.54, 1.807) is 0 Å². The van der Waals surface area contributed by atoms with E-state index >= 15 is 0 Å². The van der Waals surface area contributed by atoms with Crippen LogP contribution in [-0.2, 0) is 12.5 Å². The molecule has 32 heavy (non-hydrogen) atoms. The number of pyridine rings is 1. The molecule has 0 N–H and O–H groups in total. The summed E-state index contributed by atoms with van der Waals surface area (Å²) in [6, 6.07) is 24.0. The number of fused-ring (bicyclic) bond motifs is 4. The summed E-state index contributed by atoms with van der Waals surface area (Å²) in [6.45, 7) is 6.69. The molecule has 0 saturated carbocycles. The molecule has 0 amide bonds. The van der Waals surface area contributed by atoms with Crippen LogP contribution in [0.5, 0.6) is 0 Å². The Bertz CT molecular complexity index is 1570. The zero-order chi connectivity index (χ0) is 22.0. The fraction of sp³-hybridized carbons (Fsp3) is 0.167. The largest absolute Gasteiger partial charge is 0.454 e. The van der Waals surface area contributed by atoms with Gasteiger partial charge in [0.1, 0.15) is 18.2 Å². The average Bonchev–Trinajstić information content (AvgIpc) is 3.31. The van der Waals surface area contributed by atoms with Gasteiger partial charge in [0.25, 0.3) is 0 Å². The zero-order valence-electron chi connectivity index (χ0n) is 18.9. The number of allylic oxidation sites excluding steroid dienone is 1. The Morgan fingerprint density at radius 2 is 1.69 bits per heavy atom. The highest BCUT2D eigenvalue weighted by Gasteiger charge is 2.26. The van der Waals surface area contributed by atoms with E-state index in [1.807, 2.05) is 0 Å². The van der Waals surface area contributed by atoms with E-state index in [1.165, 1.54) is 22.3 Å². The first kappa shape index (κ1) is 19.1. The summed E-state index contributed by atoms with van der Waals surface area (Å²) in [5, 5.41) is 2.32. The van der Waals surface area contributed by atoms with Crippen molar-refractivity contribution >= 4 is 28.0 Å². The monoisotopic (exact) mass is 416 g/mol. The van der Waals surface area contributed by atoms with E-state index in [0.29, 0.717) is 0 Å². The van der Waals surface area contributed by atoms with Gasteiger partial charge in [-0.25, -0.2) is 4.57 Å². The van der Waals surface area contributed by atoms with Gasteiger partial charge in [0.15, 0.2) is 6.20 Å². The zero-order valence-corrected chi connectivity index (χ0v) is 18.9. The molecule has 0 bridgehead atoms. The number of furan rings is 1. The highest BCUT2D eigenvalue weighted by atomic mass is 16.3. The molecule has 1 aliphatic carbocycles. The molecular weight excluding hydrogens is 390 g/mol. The molecule has 0 aliphatic heterocycles. The van der Waals surface area contributed by atoms with Gasteiger partial charge in [-0.15, -0.1) is 0 Å². The molecule has 6 rings (SSSR count). The lowest BCUT2D eigenvalue weighted by Gasteiger charge is -2.18. The van der Waals surface area contributed by atoms with Gasteiger partial charge in [0, 0.05) is 33.9 Å². The molecule has 0 fully saturated rings. The van der Waals surface area contributed by atoms with Gasteiger partial charge in [-0.2, -0.15) is 0 Å². The smallest absolute Gasteiger partial charge is 0.216 e. The van der Waals surface area contributed by atoms with Crippen molar-refractivity contribution in [1.82, 2.24) is 0 Å². The third-order valence-electron chi connectivity index (χ3n) is 6.92. The second kappa shape index (κ2) is 6.67. The molecule has 1 aliphatic rings. The van der Waals surface area contributed by atoms with Crippen LogP contribution in [0.4, 0.5) is 0 Å². The lowest BCUT2D eigenvalue weighted by atomic mass is 9.86. The predicted octanol–water partition coefficient (Wildman–Crippen LogP) is 7.36. The molecule has 2 nitrogen and oxygen atoms in total. The third-order valence-corrected chi connectivity index (χ3v) is 6.92. The van der Waals surface area contributed by atoms with Crippen molar-refractivity contribution in [3.63, 3.8) is 0 Å². The van der Waals surface area contributed by atoms with E-state index in [0.717, 1.165) is 38.8 Å². The Labute approximate surface area is 188 Å². The van der Waals surface area contributed by atoms with Gasteiger partial charge >= 0.3 is 0 Å². The van der Waals surface area contributed by atoms with Crippen molar-refractivity contribution < 1.29 is 8.98 Å². The summed E-state index contributed by atoms with van der Waals surface area (Å²) in [4.78, 5) is 0. The topological polar surface area (TPSA) is 17.0 Å². The second-order valence-electron chi connectivity index (χ2n) is 9.47. The van der Waals surface area contributed by atoms with Crippen molar-refractivity contribution in [2.45, 2.75) is 26.2 Å². The van der Waals surface area contributed by atoms with Gasteiger partial charge in [0.2, 0.25) is 5.69 Å². The van der Waals surface area contributed by atoms with Gasteiger partial charge < -0.3 is 4.42 Å². The summed E-state index contributed by atoms with van der Waals surface area (Å²) in [6.07, 6.45) is 6.62. The minimum atomic E-state index is 0.0941. The summed E-state index contributed by atoms with van der Waals surface area (Å²) < 4.78 is 8.85. The van der Waals surface area contributed by atoms with Crippen molar-refractivity contribution in [2.75, 3.05) is 0 Å². The maximum atomic E-state index is 6.69. The number of rotatable bonds is 2. The van der Waals surface area contributed by atoms with Crippen LogP contribution in [0.2, 0.25) is 0 Å². The highest BCUT2D eigenvalue weighted by Crippen LogP contribution is 2.42. The minimum Gasteiger partial charge on any atom is -0.454 e. The number of aromatic nitrogens is 1. The average molecular weight is 417 g/mol. The minimum absolute atomic E-state index is 0.0941. The molecule has 5 aromatic rings. The molecule has 2 heteroatoms. The molecule has 2 aromatic heterocycles. The summed E-state index contributed by atoms with van der Waals surface area (Å²) in [5.41, 5.74) is 10.5. The quantitative estimate of drug-likeness (QED) is 0.275. The lowest BCUT2D eigenvalue weighted by molar-refractivity contribution is -0.660. The van der Waals surface area contributed by atoms with E-state index in [9.17, 15) is 0 Å². The maximum Gasteiger partial charge on any atom is 0.216 e. The number of hydrogen-bond acceptors (Lipinski definition) is 1. The first-order chi connectivity index (χ1) is 15.4. The Morgan fingerprint density at radius 3 is 2.53 bits per heavy atom. The summed E-state index contributed by atoms with van der Waals surface area (Å²) >= 11 is 0. The summed E-state index contributed by atoms with van der Waals surface area (Å²) in [7, 11) is 2.08. The molecule has 0 spiro atoms. The third kappa shape index (κ3) is 2.69. The van der Waals surface area contributed by atoms with Crippen LogP contribution in [0, 0.1) is 6.92 Å². The molecule has 3 aromatic carbocycles. The number of nitrogens with zero attached hydrogens (tertiary/aromatic N) is 1. The van der Waals surface area contributed by atoms with Gasteiger partial charge in [0.05, 0.1) is 5.56 Å². The van der Waals surface area contributed by atoms with Crippen molar-refractivity contribution in [3.05, 3.63) is 95.7 Å². The fourth-order valence-corrected chi connectivity index (χ4v) is 5.13. The lowest BCUT2D eigenvalue weighted by Crippen LogP contribution is -2.30. The molecule has 0 radical (unpaired) electrons. The van der Waals surface area contributed by atoms with E-state index in [2.05, 4.69) is 117 Å². The van der Waals surface area contributed by atoms with Crippen molar-refractivity contribution in [1.29, 1.82) is 0 Å². The molecular formula is C30H26NO+. The first-order valence-corrected chi connectivity index (χ1v) is 11.2. The van der Waals surface area contributed by atoms with Crippen LogP contribution in [0.3, 0.4) is 0 Å². The Morgan fingerprint density at radius 1 is 0.844 bits per heavy atom. The van der Waals surface area contributed by atoms with Gasteiger partial charge in [-0.1, -0.05) is 68.5 Å². The Balaban J connectivity index is 1.63. The van der Waals surface area contributed by atoms with Crippen LogP contribution in [0.25, 0.3) is 50.4 Å². The number of aryl methyl sites for hydroxylation is 2. The molecule has 0 atom stereocenters. The predicted molar refractivity (Wildman–Crippen MR) is 133 cm³/mol. The SMILES string of the molecule is Cc1ccc2c(oc3c(-c4ccc5c(c4)C=CC5(C)C)cccc32)c1-c1cccc[n+]1C. The van der Waals surface area contributed by atoms with Crippen molar-refractivity contribution in [3.8, 4) is 22.4 Å². The maximum absolute atomic E-state index is 6.69. The Hall–Kier alpha value is -3.65. The van der Waals surface area contributed by atoms with E-state index < -0.39 is 0 Å². The molecule has 2 heterocycles. The first-order valence-electron chi connectivity index (χ1n) is 11.2. The van der Waals surface area contributed by atoms with Crippen LogP contribution >= 0.6 is 0 Å². The highest BCUT2D eigenvalue weighted by molar-refractivity contribution is 6.13. The van der Waals surface area contributed by atoms with Crippen LogP contribution in [-0.4, -0.2) is 0 Å². The van der Waals surface area contributed by atoms with Crippen molar-refractivity contribution in [2.24, 2.45) is 7.05 Å².